The topological polar surface area (TPSA) is 47.3 Å². The number of nitriles is 1. The van der Waals surface area contributed by atoms with E-state index in [0.717, 1.165) is 51.0 Å². The van der Waals surface area contributed by atoms with Crippen LogP contribution in [0.25, 0.3) is 0 Å². The molecule has 0 N–H and O–H groups in total. The van der Waals surface area contributed by atoms with Crippen molar-refractivity contribution in [3.63, 3.8) is 0 Å². The van der Waals surface area contributed by atoms with Crippen molar-refractivity contribution in [1.82, 2.24) is 9.80 Å². The SMILES string of the molecule is CC(=O)N1CCCC[C@@H]1C1=CCCN(Cc2cccc(C#N)c2)C1. The lowest BCUT2D eigenvalue weighted by molar-refractivity contribution is -0.131. The van der Waals surface area contributed by atoms with Gasteiger partial charge in [-0.3, -0.25) is 9.69 Å². The average molecular weight is 323 g/mol. The van der Waals surface area contributed by atoms with Gasteiger partial charge in [-0.15, -0.1) is 0 Å². The molecule has 0 aliphatic carbocycles. The number of likely N-dealkylation sites (tertiary alicyclic amines) is 1. The highest BCUT2D eigenvalue weighted by Gasteiger charge is 2.29. The summed E-state index contributed by atoms with van der Waals surface area (Å²) in [4.78, 5) is 16.4. The molecule has 126 valence electrons. The Morgan fingerprint density at radius 2 is 2.21 bits per heavy atom. The van der Waals surface area contributed by atoms with Gasteiger partial charge >= 0.3 is 0 Å². The predicted octanol–water partition coefficient (Wildman–Crippen LogP) is 3.09. The minimum atomic E-state index is 0.194. The van der Waals surface area contributed by atoms with E-state index >= 15 is 0 Å². The molecule has 2 aliphatic heterocycles. The van der Waals surface area contributed by atoms with Crippen molar-refractivity contribution in [3.05, 3.63) is 47.0 Å². The average Bonchev–Trinajstić information content (AvgIpc) is 2.62. The van der Waals surface area contributed by atoms with Crippen LogP contribution in [0.1, 0.15) is 43.7 Å². The fourth-order valence-electron chi connectivity index (χ4n) is 3.90. The molecular weight excluding hydrogens is 298 g/mol. The summed E-state index contributed by atoms with van der Waals surface area (Å²) in [6.07, 6.45) is 6.79. The molecule has 0 bridgehead atoms. The summed E-state index contributed by atoms with van der Waals surface area (Å²) < 4.78 is 0. The minimum Gasteiger partial charge on any atom is -0.336 e. The third kappa shape index (κ3) is 3.85. The molecule has 4 nitrogen and oxygen atoms in total. The maximum absolute atomic E-state index is 11.9. The standard InChI is InChI=1S/C20H25N3O/c1-16(24)23-11-3-2-9-20(23)19-8-5-10-22(15-19)14-18-7-4-6-17(12-18)13-21/h4,6-8,12,20H,2-3,5,9-11,14-15H2,1H3/t20-/m1/s1. The Morgan fingerprint density at radius 1 is 1.33 bits per heavy atom. The van der Waals surface area contributed by atoms with Crippen LogP contribution in [0.15, 0.2) is 35.9 Å². The van der Waals surface area contributed by atoms with E-state index in [1.807, 2.05) is 18.2 Å². The van der Waals surface area contributed by atoms with Crippen molar-refractivity contribution >= 4 is 5.91 Å². The number of amides is 1. The lowest BCUT2D eigenvalue weighted by Crippen LogP contribution is -2.46. The molecule has 1 atom stereocenters. The van der Waals surface area contributed by atoms with Gasteiger partial charge in [0.2, 0.25) is 5.91 Å². The zero-order chi connectivity index (χ0) is 16.9. The Hall–Kier alpha value is -2.12. The fourth-order valence-corrected chi connectivity index (χ4v) is 3.90. The molecule has 0 saturated carbocycles. The second-order valence-corrected chi connectivity index (χ2v) is 6.81. The van der Waals surface area contributed by atoms with Gasteiger partial charge in [0.25, 0.3) is 0 Å². The highest BCUT2D eigenvalue weighted by atomic mass is 16.2. The molecule has 24 heavy (non-hydrogen) atoms. The highest BCUT2D eigenvalue weighted by Crippen LogP contribution is 2.26. The molecule has 3 rings (SSSR count). The minimum absolute atomic E-state index is 0.194. The number of carbonyl (C=O) groups is 1. The maximum atomic E-state index is 11.9. The van der Waals surface area contributed by atoms with Crippen molar-refractivity contribution in [1.29, 1.82) is 5.26 Å². The van der Waals surface area contributed by atoms with Crippen molar-refractivity contribution in [2.45, 2.75) is 45.2 Å². The van der Waals surface area contributed by atoms with E-state index < -0.39 is 0 Å². The van der Waals surface area contributed by atoms with Crippen LogP contribution >= 0.6 is 0 Å². The van der Waals surface area contributed by atoms with Gasteiger partial charge in [-0.05, 0) is 49.0 Å². The number of carbonyl (C=O) groups excluding carboxylic acids is 1. The van der Waals surface area contributed by atoms with Crippen LogP contribution in [0.2, 0.25) is 0 Å². The number of rotatable bonds is 3. The first-order valence-electron chi connectivity index (χ1n) is 8.85. The Morgan fingerprint density at radius 3 is 3.00 bits per heavy atom. The van der Waals surface area contributed by atoms with Gasteiger partial charge in [0.05, 0.1) is 17.7 Å². The summed E-state index contributed by atoms with van der Waals surface area (Å²) in [5.74, 6) is 0.194. The van der Waals surface area contributed by atoms with Gasteiger partial charge in [0.1, 0.15) is 0 Å². The summed E-state index contributed by atoms with van der Waals surface area (Å²) in [6, 6.07) is 10.3. The van der Waals surface area contributed by atoms with Crippen molar-refractivity contribution < 1.29 is 4.79 Å². The molecule has 0 aromatic heterocycles. The van der Waals surface area contributed by atoms with Crippen molar-refractivity contribution in [2.24, 2.45) is 0 Å². The van der Waals surface area contributed by atoms with Gasteiger partial charge in [-0.1, -0.05) is 18.2 Å². The summed E-state index contributed by atoms with van der Waals surface area (Å²) in [6.45, 7) is 5.40. The maximum Gasteiger partial charge on any atom is 0.219 e. The second-order valence-electron chi connectivity index (χ2n) is 6.81. The van der Waals surface area contributed by atoms with Crippen LogP contribution in [-0.2, 0) is 11.3 Å². The Labute approximate surface area is 144 Å². The summed E-state index contributed by atoms with van der Waals surface area (Å²) >= 11 is 0. The highest BCUT2D eigenvalue weighted by molar-refractivity contribution is 5.74. The number of hydrogen-bond donors (Lipinski definition) is 0. The summed E-state index contributed by atoms with van der Waals surface area (Å²) in [5, 5.41) is 9.05. The molecule has 2 aliphatic rings. The Kier molecular flexibility index (Phi) is 5.32. The Balaban J connectivity index is 1.68. The molecule has 1 fully saturated rings. The molecule has 0 spiro atoms. The first kappa shape index (κ1) is 16.7. The van der Waals surface area contributed by atoms with Crippen molar-refractivity contribution in [2.75, 3.05) is 19.6 Å². The third-order valence-corrected chi connectivity index (χ3v) is 5.06. The third-order valence-electron chi connectivity index (χ3n) is 5.06. The molecule has 0 unspecified atom stereocenters. The molecule has 2 heterocycles. The van der Waals surface area contributed by atoms with Gasteiger partial charge in [0.15, 0.2) is 0 Å². The van der Waals surface area contributed by atoms with E-state index in [0.29, 0.717) is 0 Å². The smallest absolute Gasteiger partial charge is 0.219 e. The number of hydrogen-bond acceptors (Lipinski definition) is 3. The van der Waals surface area contributed by atoms with Crippen LogP contribution in [0.5, 0.6) is 0 Å². The molecule has 1 saturated heterocycles. The predicted molar refractivity (Wildman–Crippen MR) is 94.2 cm³/mol. The molecular formula is C20H25N3O. The Bertz CT molecular complexity index is 674. The summed E-state index contributed by atoms with van der Waals surface area (Å²) in [7, 11) is 0. The van der Waals surface area contributed by atoms with E-state index in [9.17, 15) is 4.79 Å². The van der Waals surface area contributed by atoms with E-state index in [1.165, 1.54) is 17.6 Å². The second kappa shape index (κ2) is 7.63. The zero-order valence-electron chi connectivity index (χ0n) is 14.4. The monoisotopic (exact) mass is 323 g/mol. The first-order chi connectivity index (χ1) is 11.7. The van der Waals surface area contributed by atoms with E-state index in [1.54, 1.807) is 6.92 Å². The van der Waals surface area contributed by atoms with Gasteiger partial charge < -0.3 is 4.90 Å². The fraction of sp³-hybridized carbons (Fsp3) is 0.500. The molecule has 4 heteroatoms. The van der Waals surface area contributed by atoms with Crippen LogP contribution < -0.4 is 0 Å². The number of piperidine rings is 1. The zero-order valence-corrected chi connectivity index (χ0v) is 14.4. The van der Waals surface area contributed by atoms with Gasteiger partial charge in [0, 0.05) is 33.1 Å². The van der Waals surface area contributed by atoms with Gasteiger partial charge in [-0.25, -0.2) is 0 Å². The molecule has 0 radical (unpaired) electrons. The molecule has 1 aromatic carbocycles. The van der Waals surface area contributed by atoms with Crippen LogP contribution in [-0.4, -0.2) is 41.4 Å². The lowest BCUT2D eigenvalue weighted by Gasteiger charge is -2.40. The van der Waals surface area contributed by atoms with Crippen LogP contribution in [0, 0.1) is 11.3 Å². The van der Waals surface area contributed by atoms with Gasteiger partial charge in [-0.2, -0.15) is 5.26 Å². The number of nitrogens with zero attached hydrogens (tertiary/aromatic N) is 3. The molecule has 1 aromatic rings. The molecule has 1 amide bonds. The summed E-state index contributed by atoms with van der Waals surface area (Å²) in [5.41, 5.74) is 3.30. The number of benzene rings is 1. The van der Waals surface area contributed by atoms with E-state index in [4.69, 9.17) is 5.26 Å². The largest absolute Gasteiger partial charge is 0.336 e. The quantitative estimate of drug-likeness (QED) is 0.803. The van der Waals surface area contributed by atoms with E-state index in [-0.39, 0.29) is 11.9 Å². The van der Waals surface area contributed by atoms with Crippen molar-refractivity contribution in [3.8, 4) is 6.07 Å². The normalized spacial score (nSPS) is 21.9. The van der Waals surface area contributed by atoms with E-state index in [2.05, 4.69) is 28.0 Å². The first-order valence-corrected chi connectivity index (χ1v) is 8.85. The lowest BCUT2D eigenvalue weighted by atomic mass is 9.92. The van der Waals surface area contributed by atoms with Crippen LogP contribution in [0.3, 0.4) is 0 Å². The van der Waals surface area contributed by atoms with Crippen LogP contribution in [0.4, 0.5) is 0 Å².